The van der Waals surface area contributed by atoms with Gasteiger partial charge in [0, 0.05) is 43.7 Å². The SMILES string of the molecule is CCN(C(=O)c1cc(F)ccc1Oc1cnc(C)nc1N1CC2(CCN(C[C@@H]3CC[C@@H](NS(=O)(=O)CC)CO3)CC2)C1)C(C)C. The summed E-state index contributed by atoms with van der Waals surface area (Å²) in [4.78, 5) is 28.8. The molecule has 0 saturated carbocycles. The van der Waals surface area contributed by atoms with Crippen molar-refractivity contribution in [3.05, 3.63) is 41.6 Å². The van der Waals surface area contributed by atoms with Crippen LogP contribution >= 0.6 is 0 Å². The molecule has 1 aromatic carbocycles. The number of piperidine rings is 1. The Kier molecular flexibility index (Phi) is 10.3. The average molecular weight is 647 g/mol. The first-order valence-corrected chi connectivity index (χ1v) is 17.8. The number of hydrogen-bond donors (Lipinski definition) is 1. The highest BCUT2D eigenvalue weighted by Crippen LogP contribution is 2.45. The largest absolute Gasteiger partial charge is 0.451 e. The number of carbonyl (C=O) groups is 1. The molecule has 3 fully saturated rings. The Morgan fingerprint density at radius 3 is 2.56 bits per heavy atom. The third-order valence-corrected chi connectivity index (χ3v) is 10.8. The number of aryl methyl sites for hydroxylation is 1. The Bertz CT molecular complexity index is 1450. The summed E-state index contributed by atoms with van der Waals surface area (Å²) in [6, 6.07) is 3.83. The van der Waals surface area contributed by atoms with Crippen LogP contribution in [0.2, 0.25) is 0 Å². The lowest BCUT2D eigenvalue weighted by molar-refractivity contribution is -0.0299. The van der Waals surface area contributed by atoms with Crippen molar-refractivity contribution in [3.63, 3.8) is 0 Å². The van der Waals surface area contributed by atoms with Crippen LogP contribution in [0.5, 0.6) is 11.5 Å². The van der Waals surface area contributed by atoms with E-state index in [-0.39, 0.29) is 46.6 Å². The number of amides is 1. The van der Waals surface area contributed by atoms with E-state index in [4.69, 9.17) is 14.5 Å². The normalized spacial score (nSPS) is 22.0. The first kappa shape index (κ1) is 33.5. The number of ether oxygens (including phenoxy) is 2. The van der Waals surface area contributed by atoms with Crippen molar-refractivity contribution in [2.45, 2.75) is 78.5 Å². The van der Waals surface area contributed by atoms with Gasteiger partial charge in [-0.1, -0.05) is 0 Å². The summed E-state index contributed by atoms with van der Waals surface area (Å²) in [7, 11) is -3.22. The molecule has 1 aromatic heterocycles. The number of nitrogens with zero attached hydrogens (tertiary/aromatic N) is 5. The summed E-state index contributed by atoms with van der Waals surface area (Å²) in [5.74, 6) is 1.31. The molecular weight excluding hydrogens is 599 g/mol. The van der Waals surface area contributed by atoms with Gasteiger partial charge in [0.2, 0.25) is 10.0 Å². The van der Waals surface area contributed by atoms with Gasteiger partial charge in [0.25, 0.3) is 5.91 Å². The lowest BCUT2D eigenvalue weighted by atomic mass is 9.72. The predicted octanol–water partition coefficient (Wildman–Crippen LogP) is 3.98. The first-order valence-electron chi connectivity index (χ1n) is 16.1. The number of benzene rings is 1. The van der Waals surface area contributed by atoms with Crippen molar-refractivity contribution >= 4 is 21.7 Å². The number of carbonyl (C=O) groups excluding carboxylic acids is 1. The van der Waals surface area contributed by atoms with Crippen LogP contribution in [0.4, 0.5) is 10.2 Å². The van der Waals surface area contributed by atoms with E-state index in [0.29, 0.717) is 30.5 Å². The number of hydrogen-bond acceptors (Lipinski definition) is 9. The smallest absolute Gasteiger partial charge is 0.257 e. The molecule has 3 saturated heterocycles. The number of sulfonamides is 1. The van der Waals surface area contributed by atoms with Crippen LogP contribution in [0.15, 0.2) is 24.4 Å². The standard InChI is InChI=1S/C32H47FN6O5S/c1-6-39(22(3)4)31(40)27-16-24(33)8-11-28(27)44-29-17-34-23(5)35-30(29)38-20-32(21-38)12-14-37(15-13-32)18-26-10-9-25(19-43-26)36-45(41,42)7-2/h8,11,16-17,22,25-26,36H,6-7,9-10,12-15,18-21H2,1-5H3/t25-,26+/m1/s1. The molecule has 11 nitrogen and oxygen atoms in total. The lowest BCUT2D eigenvalue weighted by Crippen LogP contribution is -2.61. The van der Waals surface area contributed by atoms with Crippen LogP contribution in [-0.2, 0) is 14.8 Å². The van der Waals surface area contributed by atoms with Gasteiger partial charge in [0.15, 0.2) is 11.6 Å². The molecular formula is C32H47FN6O5S. The van der Waals surface area contributed by atoms with Gasteiger partial charge < -0.3 is 24.2 Å². The monoisotopic (exact) mass is 646 g/mol. The van der Waals surface area contributed by atoms with Crippen LogP contribution in [0.1, 0.15) is 69.6 Å². The summed E-state index contributed by atoms with van der Waals surface area (Å²) < 4.78 is 53.1. The molecule has 248 valence electrons. The Morgan fingerprint density at radius 1 is 1.20 bits per heavy atom. The highest BCUT2D eigenvalue weighted by atomic mass is 32.2. The molecule has 13 heteroatoms. The van der Waals surface area contributed by atoms with Crippen molar-refractivity contribution in [2.75, 3.05) is 56.5 Å². The van der Waals surface area contributed by atoms with Gasteiger partial charge in [-0.2, -0.15) is 0 Å². The summed E-state index contributed by atoms with van der Waals surface area (Å²) in [5.41, 5.74) is 0.365. The van der Waals surface area contributed by atoms with E-state index in [1.807, 2.05) is 27.7 Å². The average Bonchev–Trinajstić information content (AvgIpc) is 2.99. The quantitative estimate of drug-likeness (QED) is 0.387. The molecule has 0 unspecified atom stereocenters. The van der Waals surface area contributed by atoms with E-state index < -0.39 is 15.8 Å². The van der Waals surface area contributed by atoms with Gasteiger partial charge in [0.05, 0.1) is 30.2 Å². The molecule has 1 spiro atoms. The van der Waals surface area contributed by atoms with Crippen molar-refractivity contribution in [1.29, 1.82) is 0 Å². The molecule has 2 aromatic rings. The highest BCUT2D eigenvalue weighted by Gasteiger charge is 2.46. The number of likely N-dealkylation sites (tertiary alicyclic amines) is 1. The minimum atomic E-state index is -3.22. The fourth-order valence-electron chi connectivity index (χ4n) is 6.63. The predicted molar refractivity (Wildman–Crippen MR) is 171 cm³/mol. The second-order valence-corrected chi connectivity index (χ2v) is 15.0. The van der Waals surface area contributed by atoms with Crippen LogP contribution in [0.25, 0.3) is 0 Å². The second-order valence-electron chi connectivity index (χ2n) is 12.9. The number of halogens is 1. The van der Waals surface area contributed by atoms with E-state index in [1.165, 1.54) is 18.2 Å². The fourth-order valence-corrected chi connectivity index (χ4v) is 7.49. The third kappa shape index (κ3) is 7.93. The van der Waals surface area contributed by atoms with Crippen molar-refractivity contribution in [3.8, 4) is 11.5 Å². The number of aromatic nitrogens is 2. The van der Waals surface area contributed by atoms with Gasteiger partial charge in [-0.05, 0) is 91.6 Å². The minimum absolute atomic E-state index is 0.0443. The van der Waals surface area contributed by atoms with Gasteiger partial charge >= 0.3 is 0 Å². The highest BCUT2D eigenvalue weighted by molar-refractivity contribution is 7.89. The lowest BCUT2D eigenvalue weighted by Gasteiger charge is -2.54. The van der Waals surface area contributed by atoms with Crippen LogP contribution in [-0.4, -0.2) is 104 Å². The van der Waals surface area contributed by atoms with Crippen molar-refractivity contribution < 1.29 is 27.1 Å². The van der Waals surface area contributed by atoms with Gasteiger partial charge in [-0.25, -0.2) is 27.5 Å². The molecule has 1 N–H and O–H groups in total. The third-order valence-electron chi connectivity index (χ3n) is 9.30. The Morgan fingerprint density at radius 2 is 1.93 bits per heavy atom. The van der Waals surface area contributed by atoms with Crippen molar-refractivity contribution in [2.24, 2.45) is 5.41 Å². The first-order chi connectivity index (χ1) is 21.4. The summed E-state index contributed by atoms with van der Waals surface area (Å²) in [6.07, 6.45) is 5.52. The second kappa shape index (κ2) is 13.9. The van der Waals surface area contributed by atoms with E-state index in [2.05, 4.69) is 19.5 Å². The summed E-state index contributed by atoms with van der Waals surface area (Å²) in [5, 5.41) is 0. The maximum atomic E-state index is 14.3. The molecule has 1 amide bonds. The van der Waals surface area contributed by atoms with Gasteiger partial charge in [-0.15, -0.1) is 0 Å². The molecule has 45 heavy (non-hydrogen) atoms. The van der Waals surface area contributed by atoms with Gasteiger partial charge in [0.1, 0.15) is 17.4 Å². The Hall–Kier alpha value is -2.87. The molecule has 3 aliphatic heterocycles. The maximum absolute atomic E-state index is 14.3. The number of rotatable bonds is 11. The van der Waals surface area contributed by atoms with E-state index >= 15 is 0 Å². The molecule has 0 aliphatic carbocycles. The fraction of sp³-hybridized carbons (Fsp3) is 0.656. The van der Waals surface area contributed by atoms with Gasteiger partial charge in [-0.3, -0.25) is 4.79 Å². The molecule has 2 atom stereocenters. The van der Waals surface area contributed by atoms with Crippen LogP contribution < -0.4 is 14.4 Å². The number of nitrogens with one attached hydrogen (secondary N) is 1. The minimum Gasteiger partial charge on any atom is -0.451 e. The molecule has 3 aliphatic rings. The van der Waals surface area contributed by atoms with Crippen LogP contribution in [0, 0.1) is 18.2 Å². The Balaban J connectivity index is 1.18. The van der Waals surface area contributed by atoms with Crippen molar-refractivity contribution in [1.82, 2.24) is 24.5 Å². The van der Waals surface area contributed by atoms with Crippen LogP contribution in [0.3, 0.4) is 0 Å². The van der Waals surface area contributed by atoms with E-state index in [0.717, 1.165) is 58.4 Å². The molecule has 0 radical (unpaired) electrons. The van der Waals surface area contributed by atoms with E-state index in [9.17, 15) is 17.6 Å². The maximum Gasteiger partial charge on any atom is 0.257 e. The number of anilines is 1. The summed E-state index contributed by atoms with van der Waals surface area (Å²) >= 11 is 0. The molecule has 4 heterocycles. The zero-order valence-corrected chi connectivity index (χ0v) is 27.9. The zero-order chi connectivity index (χ0) is 32.4. The topological polar surface area (TPSA) is 117 Å². The van der Waals surface area contributed by atoms with E-state index in [1.54, 1.807) is 18.0 Å². The Labute approximate surface area is 266 Å². The zero-order valence-electron chi connectivity index (χ0n) is 27.1. The molecule has 5 rings (SSSR count). The molecule has 0 bridgehead atoms. The summed E-state index contributed by atoms with van der Waals surface area (Å²) in [6.45, 7) is 14.7.